The highest BCUT2D eigenvalue weighted by Crippen LogP contribution is 2.31. The van der Waals surface area contributed by atoms with E-state index in [1.807, 2.05) is 22.7 Å². The van der Waals surface area contributed by atoms with E-state index in [-0.39, 0.29) is 5.82 Å². The molecule has 1 aliphatic rings. The smallest absolute Gasteiger partial charge is 0.137 e. The molecule has 0 saturated heterocycles. The van der Waals surface area contributed by atoms with Crippen LogP contribution in [0.25, 0.3) is 38.9 Å². The molecule has 3 aromatic heterocycles. The zero-order valence-electron chi connectivity index (χ0n) is 16.8. The predicted octanol–water partition coefficient (Wildman–Crippen LogP) is 5.57. The molecule has 1 saturated carbocycles. The molecule has 1 aliphatic carbocycles. The Bertz CT molecular complexity index is 1400. The van der Waals surface area contributed by atoms with E-state index in [0.717, 1.165) is 57.2 Å². The van der Waals surface area contributed by atoms with Crippen molar-refractivity contribution in [2.45, 2.75) is 12.8 Å². The van der Waals surface area contributed by atoms with Gasteiger partial charge in [-0.1, -0.05) is 6.07 Å². The number of nitrogens with one attached hydrogen (secondary N) is 1. The van der Waals surface area contributed by atoms with Crippen molar-refractivity contribution in [1.29, 1.82) is 0 Å². The molecule has 5 nitrogen and oxygen atoms in total. The summed E-state index contributed by atoms with van der Waals surface area (Å²) in [5, 5.41) is 4.52. The Morgan fingerprint density at radius 1 is 0.903 bits per heavy atom. The molecule has 5 aromatic rings. The molecule has 1 fully saturated rings. The lowest BCUT2D eigenvalue weighted by Crippen LogP contribution is -2.05. The van der Waals surface area contributed by atoms with Gasteiger partial charge in [-0.3, -0.25) is 0 Å². The van der Waals surface area contributed by atoms with Gasteiger partial charge in [0.1, 0.15) is 23.6 Å². The minimum atomic E-state index is -0.249. The normalized spacial score (nSPS) is 13.7. The highest BCUT2D eigenvalue weighted by Gasteiger charge is 2.21. The van der Waals surface area contributed by atoms with Crippen molar-refractivity contribution in [1.82, 2.24) is 19.4 Å². The van der Waals surface area contributed by atoms with Gasteiger partial charge in [-0.05, 0) is 78.4 Å². The van der Waals surface area contributed by atoms with Crippen LogP contribution in [-0.2, 0) is 0 Å². The number of hydrogen-bond acceptors (Lipinski definition) is 4. The molecule has 0 amide bonds. The summed E-state index contributed by atoms with van der Waals surface area (Å²) in [6.45, 7) is 0.962. The Morgan fingerprint density at radius 3 is 2.55 bits per heavy atom. The van der Waals surface area contributed by atoms with Crippen LogP contribution in [0, 0.1) is 11.7 Å². The molecule has 6 rings (SSSR count). The average molecular weight is 409 g/mol. The first-order valence-corrected chi connectivity index (χ1v) is 10.5. The number of halogens is 1. The number of nitrogens with zero attached hydrogens (tertiary/aromatic N) is 4. The van der Waals surface area contributed by atoms with Gasteiger partial charge >= 0.3 is 0 Å². The SMILES string of the molecule is Fc1ccc(-c2cn3cc(-c4ccc5ncnc(NCC6CC6)c5c4)ccc3n2)cc1. The predicted molar refractivity (Wildman–Crippen MR) is 120 cm³/mol. The summed E-state index contributed by atoms with van der Waals surface area (Å²) in [5.41, 5.74) is 5.65. The van der Waals surface area contributed by atoms with Crippen molar-refractivity contribution >= 4 is 22.4 Å². The monoisotopic (exact) mass is 409 g/mol. The molecule has 0 bridgehead atoms. The van der Waals surface area contributed by atoms with Gasteiger partial charge in [0, 0.05) is 29.9 Å². The largest absolute Gasteiger partial charge is 0.369 e. The van der Waals surface area contributed by atoms with Gasteiger partial charge in [0.25, 0.3) is 0 Å². The van der Waals surface area contributed by atoms with E-state index in [1.54, 1.807) is 18.5 Å². The minimum Gasteiger partial charge on any atom is -0.369 e. The molecule has 0 atom stereocenters. The van der Waals surface area contributed by atoms with Crippen molar-refractivity contribution in [3.8, 4) is 22.4 Å². The summed E-state index contributed by atoms with van der Waals surface area (Å²) in [6, 6.07) is 16.7. The Balaban J connectivity index is 1.38. The molecule has 0 radical (unpaired) electrons. The van der Waals surface area contributed by atoms with Gasteiger partial charge in [0.15, 0.2) is 0 Å². The second kappa shape index (κ2) is 7.16. The maximum absolute atomic E-state index is 13.2. The van der Waals surface area contributed by atoms with Crippen LogP contribution in [0.3, 0.4) is 0 Å². The fourth-order valence-electron chi connectivity index (χ4n) is 3.86. The van der Waals surface area contributed by atoms with E-state index in [0.29, 0.717) is 0 Å². The van der Waals surface area contributed by atoms with Crippen LogP contribution in [-0.4, -0.2) is 25.9 Å². The number of aromatic nitrogens is 4. The van der Waals surface area contributed by atoms with Gasteiger partial charge in [0.2, 0.25) is 0 Å². The molecular formula is C25H20FN5. The second-order valence-corrected chi connectivity index (χ2v) is 8.09. The van der Waals surface area contributed by atoms with Crippen LogP contribution in [0.5, 0.6) is 0 Å². The molecule has 31 heavy (non-hydrogen) atoms. The van der Waals surface area contributed by atoms with Gasteiger partial charge in [-0.25, -0.2) is 19.3 Å². The lowest BCUT2D eigenvalue weighted by atomic mass is 10.1. The van der Waals surface area contributed by atoms with E-state index in [9.17, 15) is 4.39 Å². The highest BCUT2D eigenvalue weighted by molar-refractivity contribution is 5.92. The van der Waals surface area contributed by atoms with E-state index < -0.39 is 0 Å². The van der Waals surface area contributed by atoms with Crippen molar-refractivity contribution in [2.24, 2.45) is 5.92 Å². The molecule has 0 aliphatic heterocycles. The van der Waals surface area contributed by atoms with Crippen molar-refractivity contribution < 1.29 is 4.39 Å². The van der Waals surface area contributed by atoms with Crippen LogP contribution in [0.15, 0.2) is 73.3 Å². The summed E-state index contributed by atoms with van der Waals surface area (Å²) in [4.78, 5) is 13.6. The van der Waals surface area contributed by atoms with E-state index in [4.69, 9.17) is 0 Å². The summed E-state index contributed by atoms with van der Waals surface area (Å²) >= 11 is 0. The Kier molecular flexibility index (Phi) is 4.16. The highest BCUT2D eigenvalue weighted by atomic mass is 19.1. The van der Waals surface area contributed by atoms with Gasteiger partial charge in [-0.15, -0.1) is 0 Å². The molecule has 1 N–H and O–H groups in total. The third-order valence-corrected chi connectivity index (χ3v) is 5.81. The quantitative estimate of drug-likeness (QED) is 0.412. The number of pyridine rings is 1. The number of fused-ring (bicyclic) bond motifs is 2. The number of imidazole rings is 1. The van der Waals surface area contributed by atoms with Crippen LogP contribution >= 0.6 is 0 Å². The summed E-state index contributed by atoms with van der Waals surface area (Å²) in [6.07, 6.45) is 8.25. The standard InChI is InChI=1S/C25H20FN5/c26-20-7-3-17(4-8-20)23-14-31-13-19(6-10-24(31)30-23)18-5-9-22-21(11-18)25(29-15-28-22)27-12-16-1-2-16/h3-11,13-16H,1-2,12H2,(H,27,28,29). The van der Waals surface area contributed by atoms with E-state index in [1.165, 1.54) is 25.0 Å². The zero-order valence-corrected chi connectivity index (χ0v) is 16.8. The van der Waals surface area contributed by atoms with Crippen molar-refractivity contribution in [2.75, 3.05) is 11.9 Å². The first kappa shape index (κ1) is 18.0. The molecule has 6 heteroatoms. The van der Waals surface area contributed by atoms with Crippen LogP contribution in [0.4, 0.5) is 10.2 Å². The first-order chi connectivity index (χ1) is 15.2. The maximum atomic E-state index is 13.2. The first-order valence-electron chi connectivity index (χ1n) is 10.5. The van der Waals surface area contributed by atoms with Gasteiger partial charge in [0.05, 0.1) is 11.2 Å². The van der Waals surface area contributed by atoms with Crippen molar-refractivity contribution in [3.63, 3.8) is 0 Å². The Hall–Kier alpha value is -3.80. The maximum Gasteiger partial charge on any atom is 0.137 e. The van der Waals surface area contributed by atoms with Crippen molar-refractivity contribution in [3.05, 3.63) is 79.1 Å². The summed E-state index contributed by atoms with van der Waals surface area (Å²) in [7, 11) is 0. The summed E-state index contributed by atoms with van der Waals surface area (Å²) < 4.78 is 15.2. The fraction of sp³-hybridized carbons (Fsp3) is 0.160. The third-order valence-electron chi connectivity index (χ3n) is 5.81. The molecular weight excluding hydrogens is 389 g/mol. The Labute approximate surface area is 178 Å². The Morgan fingerprint density at radius 2 is 1.71 bits per heavy atom. The van der Waals surface area contributed by atoms with E-state index >= 15 is 0 Å². The fourth-order valence-corrected chi connectivity index (χ4v) is 3.86. The average Bonchev–Trinajstić information content (AvgIpc) is 3.54. The number of anilines is 1. The minimum absolute atomic E-state index is 0.249. The number of rotatable bonds is 5. The van der Waals surface area contributed by atoms with Gasteiger partial charge in [-0.2, -0.15) is 0 Å². The topological polar surface area (TPSA) is 55.1 Å². The number of benzene rings is 2. The lowest BCUT2D eigenvalue weighted by Gasteiger charge is -2.09. The van der Waals surface area contributed by atoms with Crippen LogP contribution in [0.1, 0.15) is 12.8 Å². The molecule has 3 heterocycles. The number of hydrogen-bond donors (Lipinski definition) is 1. The molecule has 2 aromatic carbocycles. The molecule has 0 spiro atoms. The van der Waals surface area contributed by atoms with Crippen LogP contribution in [0.2, 0.25) is 0 Å². The molecule has 0 unspecified atom stereocenters. The van der Waals surface area contributed by atoms with E-state index in [2.05, 4.69) is 44.7 Å². The lowest BCUT2D eigenvalue weighted by molar-refractivity contribution is 0.628. The van der Waals surface area contributed by atoms with Gasteiger partial charge < -0.3 is 9.72 Å². The van der Waals surface area contributed by atoms with Crippen LogP contribution < -0.4 is 5.32 Å². The third kappa shape index (κ3) is 3.50. The zero-order chi connectivity index (χ0) is 20.8. The summed E-state index contributed by atoms with van der Waals surface area (Å²) in [5.74, 6) is 1.41. The molecule has 152 valence electrons. The second-order valence-electron chi connectivity index (χ2n) is 8.09.